The Bertz CT molecular complexity index is 147. The van der Waals surface area contributed by atoms with E-state index >= 15 is 0 Å². The fourth-order valence-corrected chi connectivity index (χ4v) is 0.511. The second-order valence-electron chi connectivity index (χ2n) is 1.23. The van der Waals surface area contributed by atoms with Gasteiger partial charge in [-0.25, -0.2) is 0 Å². The molecule has 0 bridgehead atoms. The highest BCUT2D eigenvalue weighted by Gasteiger charge is 1.79. The molecule has 0 rings (SSSR count). The van der Waals surface area contributed by atoms with Crippen molar-refractivity contribution in [2.45, 2.75) is 0 Å². The molecule has 0 fully saturated rings. The Morgan fingerprint density at radius 1 is 1.00 bits per heavy atom. The normalized spacial score (nSPS) is 9.40. The van der Waals surface area contributed by atoms with Crippen LogP contribution in [0.1, 0.15) is 0 Å². The van der Waals surface area contributed by atoms with E-state index in [0.29, 0.717) is 8.64 Å². The smallest absolute Gasteiger partial charge is 0.134 e. The number of thiocarbonyl (C=S) groups is 2. The Kier molecular flexibility index (Phi) is 6.10. The summed E-state index contributed by atoms with van der Waals surface area (Å²) in [5.74, 6) is 0. The zero-order chi connectivity index (χ0) is 7.98. The Labute approximate surface area is 81.3 Å². The van der Waals surface area contributed by atoms with Crippen molar-refractivity contribution < 1.29 is 0 Å². The highest BCUT2D eigenvalue weighted by atomic mass is 32.1. The molecule has 0 aromatic rings. The summed E-state index contributed by atoms with van der Waals surface area (Å²) in [5, 5.41) is 5.32. The van der Waals surface area contributed by atoms with Gasteiger partial charge in [0.2, 0.25) is 0 Å². The van der Waals surface area contributed by atoms with Gasteiger partial charge in [-0.3, -0.25) is 0 Å². The van der Waals surface area contributed by atoms with Crippen LogP contribution in [0.15, 0.2) is 12.4 Å². The predicted octanol–water partition coefficient (Wildman–Crippen LogP) is 1.07. The summed E-state index contributed by atoms with van der Waals surface area (Å²) < 4.78 is 0.811. The topological polar surface area (TPSA) is 24.1 Å². The summed E-state index contributed by atoms with van der Waals surface area (Å²) in [4.78, 5) is 0. The van der Waals surface area contributed by atoms with Crippen LogP contribution in [0.4, 0.5) is 0 Å². The summed E-state index contributed by atoms with van der Waals surface area (Å²) >= 11 is 16.8. The van der Waals surface area contributed by atoms with Crippen molar-refractivity contribution in [3.8, 4) is 0 Å². The van der Waals surface area contributed by atoms with Crippen molar-refractivity contribution in [2.75, 3.05) is 0 Å². The van der Waals surface area contributed by atoms with Gasteiger partial charge in [0.1, 0.15) is 8.64 Å². The van der Waals surface area contributed by atoms with E-state index < -0.39 is 0 Å². The lowest BCUT2D eigenvalue weighted by Gasteiger charge is -1.94. The Hall–Kier alpha value is 0.220. The van der Waals surface area contributed by atoms with E-state index in [1.54, 1.807) is 12.4 Å². The minimum absolute atomic E-state index is 0.406. The third-order valence-electron chi connectivity index (χ3n) is 0.497. The van der Waals surface area contributed by atoms with Gasteiger partial charge in [-0.15, -0.1) is 25.3 Å². The lowest BCUT2D eigenvalue weighted by molar-refractivity contribution is 1.25. The van der Waals surface area contributed by atoms with Crippen LogP contribution in [0.25, 0.3) is 0 Å². The Balaban J connectivity index is 3.38. The van der Waals surface area contributed by atoms with E-state index in [2.05, 4.69) is 60.3 Å². The molecule has 6 heteroatoms. The van der Waals surface area contributed by atoms with Crippen molar-refractivity contribution in [2.24, 2.45) is 0 Å². The molecule has 0 aromatic carbocycles. The first kappa shape index (κ1) is 10.2. The van der Waals surface area contributed by atoms with Crippen LogP contribution in [0, 0.1) is 0 Å². The summed E-state index contributed by atoms with van der Waals surface area (Å²) in [6.07, 6.45) is 3.16. The van der Waals surface area contributed by atoms with Gasteiger partial charge < -0.3 is 10.6 Å². The molecule has 0 aliphatic carbocycles. The Morgan fingerprint density at radius 2 is 1.30 bits per heavy atom. The zero-order valence-corrected chi connectivity index (χ0v) is 8.29. The van der Waals surface area contributed by atoms with Crippen LogP contribution in [-0.2, 0) is 0 Å². The molecule has 0 spiro atoms. The molecular formula is C4H6N2S4. The molecule has 0 saturated heterocycles. The molecule has 0 aliphatic heterocycles. The van der Waals surface area contributed by atoms with Crippen LogP contribution < -0.4 is 10.6 Å². The van der Waals surface area contributed by atoms with Crippen molar-refractivity contribution in [1.82, 2.24) is 10.6 Å². The largest absolute Gasteiger partial charge is 0.346 e. The minimum Gasteiger partial charge on any atom is -0.346 e. The average molecular weight is 210 g/mol. The van der Waals surface area contributed by atoms with Crippen LogP contribution >= 0.6 is 49.7 Å². The van der Waals surface area contributed by atoms with Gasteiger partial charge in [0, 0.05) is 12.4 Å². The highest BCUT2D eigenvalue weighted by molar-refractivity contribution is 8.11. The van der Waals surface area contributed by atoms with Gasteiger partial charge in [0.05, 0.1) is 0 Å². The van der Waals surface area contributed by atoms with Gasteiger partial charge >= 0.3 is 0 Å². The van der Waals surface area contributed by atoms with E-state index in [1.807, 2.05) is 0 Å². The predicted molar refractivity (Wildman–Crippen MR) is 58.6 cm³/mol. The van der Waals surface area contributed by atoms with Gasteiger partial charge in [-0.1, -0.05) is 24.4 Å². The first-order valence-electron chi connectivity index (χ1n) is 2.27. The molecule has 2 nitrogen and oxygen atoms in total. The molecule has 10 heavy (non-hydrogen) atoms. The quantitative estimate of drug-likeness (QED) is 0.405. The highest BCUT2D eigenvalue weighted by Crippen LogP contribution is 1.78. The second kappa shape index (κ2) is 5.96. The summed E-state index contributed by atoms with van der Waals surface area (Å²) in [5.41, 5.74) is 0. The summed E-state index contributed by atoms with van der Waals surface area (Å²) in [7, 11) is 0. The molecular weight excluding hydrogens is 204 g/mol. The van der Waals surface area contributed by atoms with E-state index in [1.165, 1.54) is 0 Å². The third kappa shape index (κ3) is 8.22. The molecule has 0 aromatic heterocycles. The van der Waals surface area contributed by atoms with Gasteiger partial charge in [-0.05, 0) is 0 Å². The van der Waals surface area contributed by atoms with Crippen LogP contribution in [0.5, 0.6) is 0 Å². The number of hydrogen-bond donors (Lipinski definition) is 4. The molecule has 0 atom stereocenters. The van der Waals surface area contributed by atoms with Crippen LogP contribution in [0.2, 0.25) is 0 Å². The second-order valence-corrected chi connectivity index (χ2v) is 3.55. The number of hydrogen-bond acceptors (Lipinski definition) is 2. The molecule has 0 radical (unpaired) electrons. The van der Waals surface area contributed by atoms with Crippen molar-refractivity contribution >= 4 is 58.3 Å². The number of thiol groups is 2. The van der Waals surface area contributed by atoms with Crippen LogP contribution in [-0.4, -0.2) is 8.64 Å². The van der Waals surface area contributed by atoms with Crippen LogP contribution in [0.3, 0.4) is 0 Å². The molecule has 0 saturated carbocycles. The zero-order valence-electron chi connectivity index (χ0n) is 4.87. The molecule has 0 unspecified atom stereocenters. The SMILES string of the molecule is S=C(S)N/C=C\NC(=S)S. The molecule has 0 heterocycles. The molecule has 2 N–H and O–H groups in total. The van der Waals surface area contributed by atoms with E-state index in [4.69, 9.17) is 0 Å². The number of rotatable bonds is 2. The lowest BCUT2D eigenvalue weighted by atomic mass is 10.9. The van der Waals surface area contributed by atoms with Crippen molar-refractivity contribution in [3.05, 3.63) is 12.4 Å². The first-order chi connectivity index (χ1) is 4.63. The maximum atomic E-state index is 4.60. The average Bonchev–Trinajstić information content (AvgIpc) is 1.79. The summed E-state index contributed by atoms with van der Waals surface area (Å²) in [6, 6.07) is 0. The fraction of sp³-hybridized carbons (Fsp3) is 0. The monoisotopic (exact) mass is 210 g/mol. The maximum absolute atomic E-state index is 4.60. The van der Waals surface area contributed by atoms with Crippen molar-refractivity contribution in [1.29, 1.82) is 0 Å². The minimum atomic E-state index is 0.406. The van der Waals surface area contributed by atoms with Gasteiger partial charge in [0.25, 0.3) is 0 Å². The Morgan fingerprint density at radius 3 is 1.50 bits per heavy atom. The van der Waals surface area contributed by atoms with Gasteiger partial charge in [0.15, 0.2) is 0 Å². The van der Waals surface area contributed by atoms with E-state index in [0.717, 1.165) is 0 Å². The maximum Gasteiger partial charge on any atom is 0.134 e. The molecule has 56 valence electrons. The molecule has 0 aliphatic rings. The summed E-state index contributed by atoms with van der Waals surface area (Å²) in [6.45, 7) is 0. The van der Waals surface area contributed by atoms with E-state index in [-0.39, 0.29) is 0 Å². The lowest BCUT2D eigenvalue weighted by Crippen LogP contribution is -2.12. The standard InChI is InChI=1S/C4H6N2S4/c7-3(8)5-1-2-6-4(9)10/h1-2H,(H2,5,7,8)(H2,6,9,10)/b2-1-. The van der Waals surface area contributed by atoms with Crippen molar-refractivity contribution in [3.63, 3.8) is 0 Å². The fourth-order valence-electron chi connectivity index (χ4n) is 0.226. The number of nitrogens with one attached hydrogen (secondary N) is 2. The first-order valence-corrected chi connectivity index (χ1v) is 3.98. The third-order valence-corrected chi connectivity index (χ3v) is 0.991. The van der Waals surface area contributed by atoms with Gasteiger partial charge in [-0.2, -0.15) is 0 Å². The van der Waals surface area contributed by atoms with E-state index in [9.17, 15) is 0 Å². The molecule has 0 amide bonds.